The standard InChI is InChI=1S/C26H27N5O/c1-18-3-4-24(16-29-18)31(32)11-7-23(8-12-31)30-26-15-22(20-6-10-28-19(2)13-20)14-21-5-9-27-17-25(21)26/h3-6,9-10,13-17,23,30H,7-8,11-12H2,1-2H3. The van der Waals surface area contributed by atoms with Crippen LogP contribution < -0.4 is 9.96 Å². The summed E-state index contributed by atoms with van der Waals surface area (Å²) in [5.74, 6) is 0. The molecule has 0 radical (unpaired) electrons. The fourth-order valence-corrected chi connectivity index (χ4v) is 4.52. The highest BCUT2D eigenvalue weighted by Crippen LogP contribution is 2.33. The van der Waals surface area contributed by atoms with Gasteiger partial charge in [0.05, 0.1) is 19.3 Å². The summed E-state index contributed by atoms with van der Waals surface area (Å²) in [5, 5.41) is 19.3. The van der Waals surface area contributed by atoms with E-state index in [0.717, 1.165) is 57.5 Å². The third-order valence-corrected chi connectivity index (χ3v) is 6.39. The van der Waals surface area contributed by atoms with Crippen molar-refractivity contribution < 1.29 is 0 Å². The van der Waals surface area contributed by atoms with Gasteiger partial charge in [-0.05, 0) is 66.8 Å². The van der Waals surface area contributed by atoms with E-state index in [4.69, 9.17) is 0 Å². The van der Waals surface area contributed by atoms with Gasteiger partial charge in [0, 0.05) is 66.0 Å². The van der Waals surface area contributed by atoms with Crippen LogP contribution in [0.2, 0.25) is 0 Å². The molecule has 1 aliphatic rings. The monoisotopic (exact) mass is 425 g/mol. The predicted octanol–water partition coefficient (Wildman–Crippen LogP) is 5.39. The molecular weight excluding hydrogens is 398 g/mol. The molecular formula is C26H27N5O. The number of aryl methyl sites for hydroxylation is 2. The van der Waals surface area contributed by atoms with Gasteiger partial charge in [0.1, 0.15) is 0 Å². The van der Waals surface area contributed by atoms with Gasteiger partial charge in [0.2, 0.25) is 0 Å². The van der Waals surface area contributed by atoms with Crippen molar-refractivity contribution in [1.29, 1.82) is 0 Å². The van der Waals surface area contributed by atoms with E-state index in [0.29, 0.717) is 13.1 Å². The van der Waals surface area contributed by atoms with Gasteiger partial charge in [-0.15, -0.1) is 0 Å². The Kier molecular flexibility index (Phi) is 5.33. The molecule has 0 unspecified atom stereocenters. The minimum atomic E-state index is -0.301. The van der Waals surface area contributed by atoms with E-state index in [1.165, 1.54) is 0 Å². The van der Waals surface area contributed by atoms with Gasteiger partial charge in [0.25, 0.3) is 0 Å². The van der Waals surface area contributed by atoms with Crippen LogP contribution in [-0.4, -0.2) is 34.1 Å². The number of hydrogen-bond donors (Lipinski definition) is 1. The third-order valence-electron chi connectivity index (χ3n) is 6.39. The number of fused-ring (bicyclic) bond motifs is 1. The van der Waals surface area contributed by atoms with E-state index in [1.807, 2.05) is 56.7 Å². The van der Waals surface area contributed by atoms with Crippen LogP contribution in [0.25, 0.3) is 21.9 Å². The van der Waals surface area contributed by atoms with Crippen LogP contribution in [0.4, 0.5) is 11.4 Å². The zero-order valence-corrected chi connectivity index (χ0v) is 18.5. The Morgan fingerprint density at radius 2 is 1.72 bits per heavy atom. The summed E-state index contributed by atoms with van der Waals surface area (Å²) in [7, 11) is 0. The summed E-state index contributed by atoms with van der Waals surface area (Å²) in [6.45, 7) is 5.03. The SMILES string of the molecule is Cc1ccc([N+]2([O-])CCC(Nc3cc(-c4ccnc(C)c4)cc4ccncc34)CC2)cn1. The number of anilines is 1. The number of nitrogens with zero attached hydrogens (tertiary/aromatic N) is 4. The molecule has 1 saturated heterocycles. The molecule has 1 fully saturated rings. The van der Waals surface area contributed by atoms with Crippen LogP contribution in [0.1, 0.15) is 24.2 Å². The maximum absolute atomic E-state index is 13.4. The number of hydroxylamine groups is 2. The summed E-state index contributed by atoms with van der Waals surface area (Å²) >= 11 is 0. The highest BCUT2D eigenvalue weighted by Gasteiger charge is 2.29. The van der Waals surface area contributed by atoms with Crippen LogP contribution in [0.3, 0.4) is 0 Å². The summed E-state index contributed by atoms with van der Waals surface area (Å²) in [4.78, 5) is 13.0. The largest absolute Gasteiger partial charge is 0.627 e. The summed E-state index contributed by atoms with van der Waals surface area (Å²) < 4.78 is -0.301. The number of pyridine rings is 3. The molecule has 0 aliphatic carbocycles. The molecule has 3 aromatic heterocycles. The van der Waals surface area contributed by atoms with Gasteiger partial charge < -0.3 is 15.2 Å². The molecule has 32 heavy (non-hydrogen) atoms. The quantitative estimate of drug-likeness (QED) is 0.351. The van der Waals surface area contributed by atoms with Gasteiger partial charge >= 0.3 is 0 Å². The Labute approximate surface area is 188 Å². The molecule has 1 aromatic carbocycles. The average molecular weight is 426 g/mol. The lowest BCUT2D eigenvalue weighted by molar-refractivity contribution is 0.291. The van der Waals surface area contributed by atoms with Gasteiger partial charge in [-0.3, -0.25) is 15.0 Å². The van der Waals surface area contributed by atoms with Crippen molar-refractivity contribution in [2.45, 2.75) is 32.7 Å². The van der Waals surface area contributed by atoms with E-state index in [-0.39, 0.29) is 10.7 Å². The third kappa shape index (κ3) is 4.07. The van der Waals surface area contributed by atoms with Crippen molar-refractivity contribution >= 4 is 22.1 Å². The number of benzene rings is 1. The lowest BCUT2D eigenvalue weighted by Gasteiger charge is -2.46. The number of hydrogen-bond acceptors (Lipinski definition) is 5. The van der Waals surface area contributed by atoms with E-state index >= 15 is 0 Å². The predicted molar refractivity (Wildman–Crippen MR) is 130 cm³/mol. The summed E-state index contributed by atoms with van der Waals surface area (Å²) in [5.41, 5.74) is 6.03. The molecule has 5 rings (SSSR count). The van der Waals surface area contributed by atoms with E-state index in [9.17, 15) is 5.21 Å². The fraction of sp³-hybridized carbons (Fsp3) is 0.269. The van der Waals surface area contributed by atoms with Gasteiger partial charge in [-0.1, -0.05) is 0 Å². The lowest BCUT2D eigenvalue weighted by atomic mass is 9.99. The lowest BCUT2D eigenvalue weighted by Crippen LogP contribution is -2.51. The topological polar surface area (TPSA) is 73.8 Å². The number of quaternary nitrogens is 1. The first-order valence-electron chi connectivity index (χ1n) is 11.1. The second kappa shape index (κ2) is 8.30. The molecule has 1 aliphatic heterocycles. The molecule has 0 atom stereocenters. The first kappa shape index (κ1) is 20.5. The number of rotatable bonds is 4. The number of nitrogens with one attached hydrogen (secondary N) is 1. The van der Waals surface area contributed by atoms with Gasteiger partial charge in [-0.25, -0.2) is 0 Å². The summed E-state index contributed by atoms with van der Waals surface area (Å²) in [6.07, 6.45) is 8.92. The number of piperidine rings is 1. The van der Waals surface area contributed by atoms with E-state index in [2.05, 4.69) is 38.5 Å². The first-order chi connectivity index (χ1) is 15.5. The average Bonchev–Trinajstić information content (AvgIpc) is 2.81. The minimum absolute atomic E-state index is 0.242. The Morgan fingerprint density at radius 3 is 2.47 bits per heavy atom. The van der Waals surface area contributed by atoms with Crippen LogP contribution in [0.5, 0.6) is 0 Å². The minimum Gasteiger partial charge on any atom is -0.627 e. The van der Waals surface area contributed by atoms with E-state index in [1.54, 1.807) is 6.20 Å². The highest BCUT2D eigenvalue weighted by atomic mass is 16.5. The molecule has 0 amide bonds. The second-order valence-corrected chi connectivity index (χ2v) is 8.72. The Bertz CT molecular complexity index is 1250. The Balaban J connectivity index is 1.40. The maximum Gasteiger partial charge on any atom is 0.151 e. The van der Waals surface area contributed by atoms with Crippen LogP contribution >= 0.6 is 0 Å². The van der Waals surface area contributed by atoms with Crippen LogP contribution in [-0.2, 0) is 0 Å². The zero-order chi connectivity index (χ0) is 22.1. The summed E-state index contributed by atoms with van der Waals surface area (Å²) in [6, 6.07) is 14.7. The molecule has 0 spiro atoms. The van der Waals surface area contributed by atoms with Crippen molar-refractivity contribution in [2.24, 2.45) is 0 Å². The van der Waals surface area contributed by atoms with Gasteiger partial charge in [-0.2, -0.15) is 0 Å². The van der Waals surface area contributed by atoms with Crippen LogP contribution in [0, 0.1) is 19.1 Å². The van der Waals surface area contributed by atoms with E-state index < -0.39 is 0 Å². The highest BCUT2D eigenvalue weighted by molar-refractivity contribution is 5.97. The van der Waals surface area contributed by atoms with Crippen molar-refractivity contribution in [1.82, 2.24) is 19.6 Å². The molecule has 1 N–H and O–H groups in total. The Morgan fingerprint density at radius 1 is 0.875 bits per heavy atom. The van der Waals surface area contributed by atoms with Crippen molar-refractivity contribution in [3.8, 4) is 11.1 Å². The smallest absolute Gasteiger partial charge is 0.151 e. The zero-order valence-electron chi connectivity index (χ0n) is 18.5. The van der Waals surface area contributed by atoms with Gasteiger partial charge in [0.15, 0.2) is 5.69 Å². The van der Waals surface area contributed by atoms with Crippen molar-refractivity contribution in [3.05, 3.63) is 83.8 Å². The normalized spacial score (nSPS) is 20.9. The molecule has 162 valence electrons. The molecule has 4 heterocycles. The molecule has 0 saturated carbocycles. The molecule has 0 bridgehead atoms. The molecule has 6 heteroatoms. The van der Waals surface area contributed by atoms with Crippen LogP contribution in [0.15, 0.2) is 67.3 Å². The fourth-order valence-electron chi connectivity index (χ4n) is 4.52. The van der Waals surface area contributed by atoms with Crippen molar-refractivity contribution in [2.75, 3.05) is 18.4 Å². The molecule has 4 aromatic rings. The maximum atomic E-state index is 13.4. The molecule has 6 nitrogen and oxygen atoms in total. The first-order valence-corrected chi connectivity index (χ1v) is 11.1. The number of aromatic nitrogens is 3. The Hall–Kier alpha value is -3.35. The second-order valence-electron chi connectivity index (χ2n) is 8.72. The van der Waals surface area contributed by atoms with Crippen molar-refractivity contribution in [3.63, 3.8) is 0 Å².